The molecule has 2 aliphatic rings. The number of fused-ring (bicyclic) bond motifs is 1. The van der Waals surface area contributed by atoms with Crippen LogP contribution in [0.1, 0.15) is 51.2 Å². The van der Waals surface area contributed by atoms with Gasteiger partial charge in [-0.15, -0.1) is 0 Å². The highest BCUT2D eigenvalue weighted by atomic mass is 16.5. The number of rotatable bonds is 5. The van der Waals surface area contributed by atoms with E-state index in [1.54, 1.807) is 0 Å². The fourth-order valence-corrected chi connectivity index (χ4v) is 3.34. The van der Waals surface area contributed by atoms with E-state index in [2.05, 4.69) is 51.2 Å². The van der Waals surface area contributed by atoms with E-state index in [9.17, 15) is 0 Å². The van der Waals surface area contributed by atoms with Crippen LogP contribution in [0.15, 0.2) is 18.2 Å². The minimum absolute atomic E-state index is 0.0291. The standard InChI is InChI=1S/C18H27NO/c1-12(2)10-19-11-14-8-16(14)15-7-5-6-13-9-18(3,4)20-17(13)15/h5-7,12,14,16,19H,8-11H2,1-4H3. The van der Waals surface area contributed by atoms with Gasteiger partial charge in [0.1, 0.15) is 11.4 Å². The molecule has 1 N–H and O–H groups in total. The first-order valence-corrected chi connectivity index (χ1v) is 7.98. The fraction of sp³-hybridized carbons (Fsp3) is 0.667. The molecule has 2 atom stereocenters. The van der Waals surface area contributed by atoms with E-state index in [0.29, 0.717) is 5.92 Å². The van der Waals surface area contributed by atoms with Crippen LogP contribution in [-0.4, -0.2) is 18.7 Å². The first-order valence-electron chi connectivity index (χ1n) is 7.98. The lowest BCUT2D eigenvalue weighted by Gasteiger charge is -2.18. The van der Waals surface area contributed by atoms with Crippen molar-refractivity contribution in [2.75, 3.05) is 13.1 Å². The summed E-state index contributed by atoms with van der Waals surface area (Å²) >= 11 is 0. The van der Waals surface area contributed by atoms with E-state index in [4.69, 9.17) is 4.74 Å². The van der Waals surface area contributed by atoms with Gasteiger partial charge in [-0.05, 0) is 62.2 Å². The van der Waals surface area contributed by atoms with Gasteiger partial charge in [0.2, 0.25) is 0 Å². The summed E-state index contributed by atoms with van der Waals surface area (Å²) < 4.78 is 6.20. The van der Waals surface area contributed by atoms with Crippen LogP contribution in [0.5, 0.6) is 5.75 Å². The van der Waals surface area contributed by atoms with E-state index >= 15 is 0 Å². The highest BCUT2D eigenvalue weighted by Gasteiger charge is 2.42. The Morgan fingerprint density at radius 2 is 2.15 bits per heavy atom. The largest absolute Gasteiger partial charge is 0.487 e. The Morgan fingerprint density at radius 3 is 2.90 bits per heavy atom. The quantitative estimate of drug-likeness (QED) is 0.882. The van der Waals surface area contributed by atoms with E-state index < -0.39 is 0 Å². The van der Waals surface area contributed by atoms with Gasteiger partial charge in [-0.25, -0.2) is 0 Å². The van der Waals surface area contributed by atoms with Crippen molar-refractivity contribution >= 4 is 0 Å². The zero-order chi connectivity index (χ0) is 14.3. The molecule has 1 fully saturated rings. The maximum absolute atomic E-state index is 6.20. The lowest BCUT2D eigenvalue weighted by Crippen LogP contribution is -2.25. The molecule has 0 amide bonds. The molecule has 1 aliphatic carbocycles. The minimum atomic E-state index is -0.0291. The van der Waals surface area contributed by atoms with Crippen molar-refractivity contribution in [3.8, 4) is 5.75 Å². The molecule has 0 spiro atoms. The molecule has 0 bridgehead atoms. The molecule has 1 heterocycles. The summed E-state index contributed by atoms with van der Waals surface area (Å²) in [7, 11) is 0. The van der Waals surface area contributed by atoms with Gasteiger partial charge >= 0.3 is 0 Å². The molecule has 2 nitrogen and oxygen atoms in total. The van der Waals surface area contributed by atoms with Gasteiger partial charge in [-0.1, -0.05) is 32.0 Å². The molecule has 0 radical (unpaired) electrons. The van der Waals surface area contributed by atoms with Gasteiger partial charge in [0.15, 0.2) is 0 Å². The van der Waals surface area contributed by atoms with Crippen molar-refractivity contribution in [3.63, 3.8) is 0 Å². The van der Waals surface area contributed by atoms with Crippen molar-refractivity contribution in [2.45, 2.75) is 52.1 Å². The molecule has 2 heteroatoms. The van der Waals surface area contributed by atoms with Gasteiger partial charge in [0.25, 0.3) is 0 Å². The molecule has 1 saturated carbocycles. The molecular formula is C18H27NO. The maximum Gasteiger partial charge on any atom is 0.126 e. The Balaban J connectivity index is 1.65. The molecule has 2 unspecified atom stereocenters. The predicted octanol–water partition coefficient (Wildman–Crippen LogP) is 3.75. The third-order valence-electron chi connectivity index (χ3n) is 4.40. The smallest absolute Gasteiger partial charge is 0.126 e. The van der Waals surface area contributed by atoms with Crippen LogP contribution in [0.2, 0.25) is 0 Å². The van der Waals surface area contributed by atoms with Crippen molar-refractivity contribution in [1.29, 1.82) is 0 Å². The molecule has 1 aromatic carbocycles. The minimum Gasteiger partial charge on any atom is -0.487 e. The Kier molecular flexibility index (Phi) is 3.53. The molecule has 0 aromatic heterocycles. The third-order valence-corrected chi connectivity index (χ3v) is 4.40. The first-order chi connectivity index (χ1) is 9.46. The molecule has 0 saturated heterocycles. The van der Waals surface area contributed by atoms with Crippen LogP contribution < -0.4 is 10.1 Å². The average Bonchev–Trinajstić information content (AvgIpc) is 3.02. The van der Waals surface area contributed by atoms with Crippen LogP contribution in [0.3, 0.4) is 0 Å². The van der Waals surface area contributed by atoms with Gasteiger partial charge < -0.3 is 10.1 Å². The Bertz CT molecular complexity index is 492. The topological polar surface area (TPSA) is 21.3 Å². The Hall–Kier alpha value is -1.02. The summed E-state index contributed by atoms with van der Waals surface area (Å²) in [6.45, 7) is 11.2. The SMILES string of the molecule is CC(C)CNCC1CC1c1cccc2c1OC(C)(C)C2. The number of ether oxygens (including phenoxy) is 1. The number of hydrogen-bond donors (Lipinski definition) is 1. The monoisotopic (exact) mass is 273 g/mol. The van der Waals surface area contributed by atoms with Crippen molar-refractivity contribution in [1.82, 2.24) is 5.32 Å². The number of hydrogen-bond acceptors (Lipinski definition) is 2. The van der Waals surface area contributed by atoms with E-state index in [1.165, 1.54) is 23.3 Å². The van der Waals surface area contributed by atoms with Gasteiger partial charge in [0.05, 0.1) is 0 Å². The molecule has 3 rings (SSSR count). The number of benzene rings is 1. The Morgan fingerprint density at radius 1 is 1.35 bits per heavy atom. The summed E-state index contributed by atoms with van der Waals surface area (Å²) in [5.41, 5.74) is 2.82. The van der Waals surface area contributed by atoms with Crippen LogP contribution in [0.4, 0.5) is 0 Å². The summed E-state index contributed by atoms with van der Waals surface area (Å²) in [4.78, 5) is 0. The number of para-hydroxylation sites is 1. The summed E-state index contributed by atoms with van der Waals surface area (Å²) in [6, 6.07) is 6.70. The maximum atomic E-state index is 6.20. The van der Waals surface area contributed by atoms with Crippen molar-refractivity contribution < 1.29 is 4.74 Å². The molecular weight excluding hydrogens is 246 g/mol. The van der Waals surface area contributed by atoms with Crippen LogP contribution in [0.25, 0.3) is 0 Å². The zero-order valence-electron chi connectivity index (χ0n) is 13.2. The second kappa shape index (κ2) is 5.07. The molecule has 1 aliphatic heterocycles. The zero-order valence-corrected chi connectivity index (χ0v) is 13.2. The van der Waals surface area contributed by atoms with Crippen molar-refractivity contribution in [2.24, 2.45) is 11.8 Å². The second-order valence-electron chi connectivity index (χ2n) is 7.53. The Labute approximate surface area is 122 Å². The van der Waals surface area contributed by atoms with Crippen molar-refractivity contribution in [3.05, 3.63) is 29.3 Å². The third kappa shape index (κ3) is 2.85. The number of nitrogens with one attached hydrogen (secondary N) is 1. The molecule has 20 heavy (non-hydrogen) atoms. The van der Waals surface area contributed by atoms with Gasteiger partial charge in [-0.2, -0.15) is 0 Å². The predicted molar refractivity (Wildman–Crippen MR) is 83.4 cm³/mol. The normalized spacial score (nSPS) is 26.4. The summed E-state index contributed by atoms with van der Waals surface area (Å²) in [5.74, 6) is 3.43. The highest BCUT2D eigenvalue weighted by Crippen LogP contribution is 2.52. The van der Waals surface area contributed by atoms with E-state index in [1.807, 2.05) is 0 Å². The lowest BCUT2D eigenvalue weighted by atomic mass is 9.99. The fourth-order valence-electron chi connectivity index (χ4n) is 3.34. The first kappa shape index (κ1) is 13.9. The average molecular weight is 273 g/mol. The highest BCUT2D eigenvalue weighted by molar-refractivity contribution is 5.49. The van der Waals surface area contributed by atoms with Crippen LogP contribution in [0, 0.1) is 11.8 Å². The van der Waals surface area contributed by atoms with Crippen LogP contribution in [-0.2, 0) is 6.42 Å². The molecule has 110 valence electrons. The molecule has 1 aromatic rings. The summed E-state index contributed by atoms with van der Waals surface area (Å²) in [5, 5.41) is 3.59. The van der Waals surface area contributed by atoms with E-state index in [0.717, 1.165) is 31.3 Å². The lowest BCUT2D eigenvalue weighted by molar-refractivity contribution is 0.137. The van der Waals surface area contributed by atoms with Gasteiger partial charge in [0, 0.05) is 6.42 Å². The second-order valence-corrected chi connectivity index (χ2v) is 7.53. The van der Waals surface area contributed by atoms with E-state index in [-0.39, 0.29) is 5.60 Å². The summed E-state index contributed by atoms with van der Waals surface area (Å²) in [6.07, 6.45) is 2.35. The van der Waals surface area contributed by atoms with Crippen LogP contribution >= 0.6 is 0 Å². The van der Waals surface area contributed by atoms with Gasteiger partial charge in [-0.3, -0.25) is 0 Å².